The molecule has 5 nitrogen and oxygen atoms in total. The Kier molecular flexibility index (Phi) is 6.82. The van der Waals surface area contributed by atoms with E-state index in [0.717, 1.165) is 19.5 Å². The van der Waals surface area contributed by atoms with E-state index < -0.39 is 23.9 Å². The van der Waals surface area contributed by atoms with Crippen molar-refractivity contribution < 1.29 is 27.5 Å². The first kappa shape index (κ1) is 21.6. The van der Waals surface area contributed by atoms with E-state index in [4.69, 9.17) is 4.74 Å². The van der Waals surface area contributed by atoms with Gasteiger partial charge in [-0.3, -0.25) is 9.59 Å². The average Bonchev–Trinajstić information content (AvgIpc) is 3.33. The molecule has 160 valence electrons. The van der Waals surface area contributed by atoms with Crippen molar-refractivity contribution in [1.29, 1.82) is 0 Å². The van der Waals surface area contributed by atoms with Crippen molar-refractivity contribution in [3.63, 3.8) is 0 Å². The van der Waals surface area contributed by atoms with Crippen molar-refractivity contribution in [2.45, 2.75) is 57.3 Å². The molecule has 0 aromatic heterocycles. The number of benzene rings is 1. The van der Waals surface area contributed by atoms with Gasteiger partial charge >= 0.3 is 12.1 Å². The van der Waals surface area contributed by atoms with E-state index in [9.17, 15) is 22.8 Å². The number of ketones is 1. The molecule has 0 aliphatic carbocycles. The second-order valence-corrected chi connectivity index (χ2v) is 7.77. The largest absolute Gasteiger partial charge is 0.494 e. The van der Waals surface area contributed by atoms with Gasteiger partial charge in [-0.25, -0.2) is 0 Å². The minimum atomic E-state index is -4.96. The molecule has 8 heteroatoms. The van der Waals surface area contributed by atoms with Crippen LogP contribution in [-0.2, 0) is 4.79 Å². The number of nitrogens with zero attached hydrogens (tertiary/aromatic N) is 2. The van der Waals surface area contributed by atoms with E-state index in [1.165, 1.54) is 12.8 Å². The van der Waals surface area contributed by atoms with Crippen LogP contribution in [0, 0.1) is 0 Å². The number of likely N-dealkylation sites (tertiary alicyclic amines) is 2. The molecule has 0 saturated carbocycles. The van der Waals surface area contributed by atoms with Crippen LogP contribution in [0.4, 0.5) is 13.2 Å². The van der Waals surface area contributed by atoms with Gasteiger partial charge in [0.25, 0.3) is 0 Å². The summed E-state index contributed by atoms with van der Waals surface area (Å²) in [7, 11) is 0. The lowest BCUT2D eigenvalue weighted by molar-refractivity contribution is -0.185. The Hall–Kier alpha value is -2.09. The second-order valence-electron chi connectivity index (χ2n) is 7.77. The van der Waals surface area contributed by atoms with Crippen molar-refractivity contribution in [3.8, 4) is 5.75 Å². The average molecular weight is 412 g/mol. The van der Waals surface area contributed by atoms with Crippen LogP contribution in [-0.4, -0.2) is 66.0 Å². The Morgan fingerprint density at radius 3 is 2.41 bits per heavy atom. The molecule has 2 atom stereocenters. The van der Waals surface area contributed by atoms with Gasteiger partial charge in [0.15, 0.2) is 5.78 Å². The van der Waals surface area contributed by atoms with Crippen molar-refractivity contribution in [1.82, 2.24) is 9.80 Å². The van der Waals surface area contributed by atoms with Crippen LogP contribution in [0.3, 0.4) is 0 Å². The van der Waals surface area contributed by atoms with E-state index in [1.54, 1.807) is 24.3 Å². The predicted octanol–water partition coefficient (Wildman–Crippen LogP) is 3.68. The zero-order valence-electron chi connectivity index (χ0n) is 16.6. The summed E-state index contributed by atoms with van der Waals surface area (Å²) in [6, 6.07) is 5.97. The van der Waals surface area contributed by atoms with Crippen LogP contribution in [0.5, 0.6) is 5.75 Å². The Bertz CT molecular complexity index is 721. The lowest BCUT2D eigenvalue weighted by Crippen LogP contribution is -2.46. The summed E-state index contributed by atoms with van der Waals surface area (Å²) < 4.78 is 43.9. The molecule has 0 spiro atoms. The first-order chi connectivity index (χ1) is 13.8. The number of ether oxygens (including phenoxy) is 1. The Labute approximate surface area is 168 Å². The number of rotatable bonds is 7. The van der Waals surface area contributed by atoms with E-state index in [1.807, 2.05) is 0 Å². The fourth-order valence-electron chi connectivity index (χ4n) is 4.14. The maximum Gasteiger partial charge on any atom is 0.471 e. The molecule has 29 heavy (non-hydrogen) atoms. The lowest BCUT2D eigenvalue weighted by Gasteiger charge is -2.24. The third-order valence-electron chi connectivity index (χ3n) is 5.75. The first-order valence-corrected chi connectivity index (χ1v) is 10.2. The highest BCUT2D eigenvalue weighted by Gasteiger charge is 2.47. The molecule has 2 aliphatic heterocycles. The summed E-state index contributed by atoms with van der Waals surface area (Å²) in [6.07, 6.45) is -0.953. The zero-order chi connectivity index (χ0) is 21.0. The lowest BCUT2D eigenvalue weighted by atomic mass is 10.0. The minimum absolute atomic E-state index is 0.0500. The molecule has 0 radical (unpaired) electrons. The SMILES string of the molecule is C[C@@H]1CCCN1CCCOc1ccc(C(=O)C2CCCN2C(=O)C(F)(F)F)cc1. The number of halogens is 3. The van der Waals surface area contributed by atoms with E-state index in [-0.39, 0.29) is 18.5 Å². The van der Waals surface area contributed by atoms with Crippen LogP contribution in [0.25, 0.3) is 0 Å². The second kappa shape index (κ2) is 9.15. The highest BCUT2D eigenvalue weighted by Crippen LogP contribution is 2.28. The third-order valence-corrected chi connectivity index (χ3v) is 5.75. The van der Waals surface area contributed by atoms with Gasteiger partial charge in [-0.05, 0) is 69.8 Å². The quantitative estimate of drug-likeness (QED) is 0.507. The number of carbonyl (C=O) groups is 2. The summed E-state index contributed by atoms with van der Waals surface area (Å²) in [5.74, 6) is -1.79. The molecular formula is C21H27F3N2O3. The molecule has 1 aromatic rings. The Balaban J connectivity index is 1.51. The summed E-state index contributed by atoms with van der Waals surface area (Å²) in [6.45, 7) is 4.87. The van der Waals surface area contributed by atoms with Crippen molar-refractivity contribution in [3.05, 3.63) is 29.8 Å². The molecule has 2 heterocycles. The summed E-state index contributed by atoms with van der Waals surface area (Å²) in [4.78, 5) is 27.3. The number of hydrogen-bond donors (Lipinski definition) is 0. The standard InChI is InChI=1S/C21H27F3N2O3/c1-15-5-2-11-25(15)12-4-14-29-17-9-7-16(8-10-17)19(27)18-6-3-13-26(18)20(28)21(22,23)24/h7-10,15,18H,2-6,11-14H2,1H3/t15-,18?/m1/s1. The van der Waals surface area contributed by atoms with Gasteiger partial charge in [-0.1, -0.05) is 0 Å². The molecule has 0 N–H and O–H groups in total. The molecule has 2 fully saturated rings. The zero-order valence-corrected chi connectivity index (χ0v) is 16.6. The van der Waals surface area contributed by atoms with Crippen molar-refractivity contribution in [2.75, 3.05) is 26.2 Å². The van der Waals surface area contributed by atoms with Gasteiger partial charge in [0.1, 0.15) is 5.75 Å². The van der Waals surface area contributed by atoms with Crippen LogP contribution in [0.15, 0.2) is 24.3 Å². The fraction of sp³-hybridized carbons (Fsp3) is 0.619. The predicted molar refractivity (Wildman–Crippen MR) is 102 cm³/mol. The molecule has 2 saturated heterocycles. The van der Waals surface area contributed by atoms with Gasteiger partial charge in [0.2, 0.25) is 0 Å². The molecule has 1 aromatic carbocycles. The molecule has 1 unspecified atom stereocenters. The number of hydrogen-bond acceptors (Lipinski definition) is 4. The molecule has 2 aliphatic rings. The molecule has 1 amide bonds. The highest BCUT2D eigenvalue weighted by molar-refractivity contribution is 6.02. The van der Waals surface area contributed by atoms with Crippen LogP contribution in [0.1, 0.15) is 49.4 Å². The highest BCUT2D eigenvalue weighted by atomic mass is 19.4. The third kappa shape index (κ3) is 5.29. The minimum Gasteiger partial charge on any atom is -0.494 e. The van der Waals surface area contributed by atoms with Gasteiger partial charge in [0, 0.05) is 24.7 Å². The fourth-order valence-corrected chi connectivity index (χ4v) is 4.14. The summed E-state index contributed by atoms with van der Waals surface area (Å²) in [5, 5.41) is 0. The van der Waals surface area contributed by atoms with Gasteiger partial charge in [-0.15, -0.1) is 0 Å². The number of carbonyl (C=O) groups excluding carboxylic acids is 2. The topological polar surface area (TPSA) is 49.9 Å². The number of amides is 1. The number of Topliss-reactive ketones (excluding diaryl/α,β-unsaturated/α-hetero) is 1. The molecule has 3 rings (SSSR count). The smallest absolute Gasteiger partial charge is 0.471 e. The first-order valence-electron chi connectivity index (χ1n) is 10.2. The van der Waals surface area contributed by atoms with E-state index in [0.29, 0.717) is 29.7 Å². The molecular weight excluding hydrogens is 385 g/mol. The normalized spacial score (nSPS) is 22.8. The van der Waals surface area contributed by atoms with Gasteiger partial charge < -0.3 is 14.5 Å². The van der Waals surface area contributed by atoms with Gasteiger partial charge in [0.05, 0.1) is 12.6 Å². The Morgan fingerprint density at radius 2 is 1.79 bits per heavy atom. The Morgan fingerprint density at radius 1 is 1.10 bits per heavy atom. The maximum absolute atomic E-state index is 12.7. The van der Waals surface area contributed by atoms with Crippen molar-refractivity contribution >= 4 is 11.7 Å². The summed E-state index contributed by atoms with van der Waals surface area (Å²) in [5.41, 5.74) is 0.287. The van der Waals surface area contributed by atoms with Crippen LogP contribution >= 0.6 is 0 Å². The monoisotopic (exact) mass is 412 g/mol. The molecule has 0 bridgehead atoms. The number of alkyl halides is 3. The van der Waals surface area contributed by atoms with E-state index in [2.05, 4.69) is 11.8 Å². The van der Waals surface area contributed by atoms with Crippen molar-refractivity contribution in [2.24, 2.45) is 0 Å². The van der Waals surface area contributed by atoms with Crippen LogP contribution < -0.4 is 4.74 Å². The summed E-state index contributed by atoms with van der Waals surface area (Å²) >= 11 is 0. The maximum atomic E-state index is 12.7. The van der Waals surface area contributed by atoms with Crippen LogP contribution in [0.2, 0.25) is 0 Å². The van der Waals surface area contributed by atoms with E-state index >= 15 is 0 Å². The van der Waals surface area contributed by atoms with Gasteiger partial charge in [-0.2, -0.15) is 13.2 Å².